The van der Waals surface area contributed by atoms with Crippen molar-refractivity contribution >= 4 is 5.82 Å². The first-order valence-electron chi connectivity index (χ1n) is 8.60. The van der Waals surface area contributed by atoms with E-state index in [2.05, 4.69) is 72.0 Å². The van der Waals surface area contributed by atoms with Crippen LogP contribution in [0.2, 0.25) is 0 Å². The van der Waals surface area contributed by atoms with Crippen molar-refractivity contribution in [3.8, 4) is 0 Å². The Labute approximate surface area is 140 Å². The summed E-state index contributed by atoms with van der Waals surface area (Å²) >= 11 is 0. The van der Waals surface area contributed by atoms with E-state index in [4.69, 9.17) is 0 Å². The molecule has 0 N–H and O–H groups in total. The van der Waals surface area contributed by atoms with Crippen LogP contribution in [0.25, 0.3) is 0 Å². The highest BCUT2D eigenvalue weighted by Crippen LogP contribution is 2.18. The maximum atomic E-state index is 4.54. The molecule has 0 atom stereocenters. The summed E-state index contributed by atoms with van der Waals surface area (Å²) in [5.74, 6) is 1.71. The second-order valence-electron chi connectivity index (χ2n) is 6.85. The van der Waals surface area contributed by atoms with Crippen LogP contribution in [-0.4, -0.2) is 36.1 Å². The molecule has 0 unspecified atom stereocenters. The number of aromatic nitrogens is 1. The van der Waals surface area contributed by atoms with Gasteiger partial charge in [0.25, 0.3) is 0 Å². The van der Waals surface area contributed by atoms with Crippen molar-refractivity contribution in [3.05, 3.63) is 59.3 Å². The van der Waals surface area contributed by atoms with E-state index in [9.17, 15) is 0 Å². The number of pyridine rings is 1. The van der Waals surface area contributed by atoms with Crippen LogP contribution in [0.3, 0.4) is 0 Å². The van der Waals surface area contributed by atoms with Gasteiger partial charge in [0.15, 0.2) is 0 Å². The van der Waals surface area contributed by atoms with Crippen molar-refractivity contribution in [1.82, 2.24) is 9.88 Å². The second-order valence-corrected chi connectivity index (χ2v) is 6.85. The standard InChI is InChI=1S/C20H27N3/c1-16(2)19-7-5-18(6-8-19)15-22-10-12-23(13-11-22)20-9-4-17(3)14-21-20/h4-9,14,16H,10-13,15H2,1-3H3. The summed E-state index contributed by atoms with van der Waals surface area (Å²) in [6.45, 7) is 11.9. The van der Waals surface area contributed by atoms with Gasteiger partial charge in [-0.3, -0.25) is 4.90 Å². The number of hydrogen-bond acceptors (Lipinski definition) is 3. The van der Waals surface area contributed by atoms with Gasteiger partial charge in [-0.15, -0.1) is 0 Å². The van der Waals surface area contributed by atoms with Crippen LogP contribution in [0.1, 0.15) is 36.5 Å². The summed E-state index contributed by atoms with van der Waals surface area (Å²) in [6, 6.07) is 13.4. The van der Waals surface area contributed by atoms with Crippen molar-refractivity contribution in [1.29, 1.82) is 0 Å². The number of nitrogens with zero attached hydrogens (tertiary/aromatic N) is 3. The quantitative estimate of drug-likeness (QED) is 0.855. The third-order valence-corrected chi connectivity index (χ3v) is 4.64. The topological polar surface area (TPSA) is 19.4 Å². The molecular formula is C20H27N3. The second kappa shape index (κ2) is 7.14. The molecule has 1 aromatic heterocycles. The fourth-order valence-corrected chi connectivity index (χ4v) is 3.05. The van der Waals surface area contributed by atoms with E-state index in [0.717, 1.165) is 38.5 Å². The van der Waals surface area contributed by atoms with Crippen molar-refractivity contribution in [2.45, 2.75) is 33.2 Å². The summed E-state index contributed by atoms with van der Waals surface area (Å²) in [5.41, 5.74) is 4.05. The van der Waals surface area contributed by atoms with E-state index in [1.807, 2.05) is 6.20 Å². The predicted molar refractivity (Wildman–Crippen MR) is 97.0 cm³/mol. The van der Waals surface area contributed by atoms with Crippen molar-refractivity contribution in [2.24, 2.45) is 0 Å². The lowest BCUT2D eigenvalue weighted by atomic mass is 10.0. The molecular weight excluding hydrogens is 282 g/mol. The largest absolute Gasteiger partial charge is 0.354 e. The van der Waals surface area contributed by atoms with Crippen LogP contribution in [0.5, 0.6) is 0 Å². The third kappa shape index (κ3) is 4.11. The van der Waals surface area contributed by atoms with Crippen molar-refractivity contribution in [3.63, 3.8) is 0 Å². The van der Waals surface area contributed by atoms with Gasteiger partial charge in [0.05, 0.1) is 0 Å². The first-order chi connectivity index (χ1) is 11.1. The molecule has 122 valence electrons. The molecule has 0 aliphatic carbocycles. The minimum Gasteiger partial charge on any atom is -0.354 e. The molecule has 1 saturated heterocycles. The van der Waals surface area contributed by atoms with Crippen LogP contribution in [-0.2, 0) is 6.54 Å². The first-order valence-corrected chi connectivity index (χ1v) is 8.60. The fourth-order valence-electron chi connectivity index (χ4n) is 3.05. The highest BCUT2D eigenvalue weighted by molar-refractivity contribution is 5.39. The number of hydrogen-bond donors (Lipinski definition) is 0. The molecule has 0 amide bonds. The smallest absolute Gasteiger partial charge is 0.128 e. The Kier molecular flexibility index (Phi) is 4.97. The molecule has 0 radical (unpaired) electrons. The number of aryl methyl sites for hydroxylation is 1. The van der Waals surface area contributed by atoms with Crippen molar-refractivity contribution < 1.29 is 0 Å². The van der Waals surface area contributed by atoms with E-state index < -0.39 is 0 Å². The minimum absolute atomic E-state index is 0.606. The average Bonchev–Trinajstić information content (AvgIpc) is 2.57. The zero-order valence-corrected chi connectivity index (χ0v) is 14.5. The Morgan fingerprint density at radius 1 is 0.957 bits per heavy atom. The molecule has 23 heavy (non-hydrogen) atoms. The molecule has 3 rings (SSSR count). The molecule has 0 bridgehead atoms. The van der Waals surface area contributed by atoms with Crippen LogP contribution in [0, 0.1) is 6.92 Å². The maximum absolute atomic E-state index is 4.54. The van der Waals surface area contributed by atoms with E-state index in [1.54, 1.807) is 0 Å². The highest BCUT2D eigenvalue weighted by atomic mass is 15.3. The minimum atomic E-state index is 0.606. The summed E-state index contributed by atoms with van der Waals surface area (Å²) in [4.78, 5) is 9.47. The summed E-state index contributed by atoms with van der Waals surface area (Å²) in [5, 5.41) is 0. The molecule has 0 saturated carbocycles. The lowest BCUT2D eigenvalue weighted by molar-refractivity contribution is 0.249. The Morgan fingerprint density at radius 2 is 1.65 bits per heavy atom. The van der Waals surface area contributed by atoms with E-state index >= 15 is 0 Å². The molecule has 3 heteroatoms. The molecule has 2 heterocycles. The molecule has 3 nitrogen and oxygen atoms in total. The molecule has 1 fully saturated rings. The number of benzene rings is 1. The molecule has 2 aromatic rings. The van der Waals surface area contributed by atoms with Gasteiger partial charge < -0.3 is 4.90 Å². The van der Waals surface area contributed by atoms with Crippen molar-refractivity contribution in [2.75, 3.05) is 31.1 Å². The normalized spacial score (nSPS) is 16.1. The summed E-state index contributed by atoms with van der Waals surface area (Å²) < 4.78 is 0. The number of anilines is 1. The van der Waals surface area contributed by atoms with E-state index in [0.29, 0.717) is 5.92 Å². The number of rotatable bonds is 4. The molecule has 1 aliphatic heterocycles. The van der Waals surface area contributed by atoms with Gasteiger partial charge in [0.1, 0.15) is 5.82 Å². The Balaban J connectivity index is 1.53. The van der Waals surface area contributed by atoms with Gasteiger partial charge >= 0.3 is 0 Å². The Morgan fingerprint density at radius 3 is 2.22 bits per heavy atom. The van der Waals surface area contributed by atoms with Crippen LogP contribution in [0.15, 0.2) is 42.6 Å². The van der Waals surface area contributed by atoms with Gasteiger partial charge in [0.2, 0.25) is 0 Å². The third-order valence-electron chi connectivity index (χ3n) is 4.64. The van der Waals surface area contributed by atoms with Crippen LogP contribution >= 0.6 is 0 Å². The molecule has 0 spiro atoms. The predicted octanol–water partition coefficient (Wildman–Crippen LogP) is 3.84. The zero-order valence-electron chi connectivity index (χ0n) is 14.5. The SMILES string of the molecule is Cc1ccc(N2CCN(Cc3ccc(C(C)C)cc3)CC2)nc1. The van der Waals surface area contributed by atoms with Gasteiger partial charge in [-0.25, -0.2) is 4.98 Å². The summed E-state index contributed by atoms with van der Waals surface area (Å²) in [7, 11) is 0. The van der Waals surface area contributed by atoms with Gasteiger partial charge in [-0.05, 0) is 35.6 Å². The van der Waals surface area contributed by atoms with Crippen LogP contribution in [0.4, 0.5) is 5.82 Å². The maximum Gasteiger partial charge on any atom is 0.128 e. The monoisotopic (exact) mass is 309 g/mol. The zero-order chi connectivity index (χ0) is 16.2. The van der Waals surface area contributed by atoms with E-state index in [-0.39, 0.29) is 0 Å². The number of piperazine rings is 1. The van der Waals surface area contributed by atoms with E-state index in [1.165, 1.54) is 16.7 Å². The highest BCUT2D eigenvalue weighted by Gasteiger charge is 2.18. The lowest BCUT2D eigenvalue weighted by Crippen LogP contribution is -2.46. The molecule has 1 aromatic carbocycles. The average molecular weight is 309 g/mol. The van der Waals surface area contributed by atoms with Crippen LogP contribution < -0.4 is 4.90 Å². The van der Waals surface area contributed by atoms with Gasteiger partial charge in [-0.2, -0.15) is 0 Å². The lowest BCUT2D eigenvalue weighted by Gasteiger charge is -2.35. The van der Waals surface area contributed by atoms with Gasteiger partial charge in [-0.1, -0.05) is 44.2 Å². The Hall–Kier alpha value is -1.87. The van der Waals surface area contributed by atoms with Gasteiger partial charge in [0, 0.05) is 38.9 Å². The summed E-state index contributed by atoms with van der Waals surface area (Å²) in [6.07, 6.45) is 1.96. The first kappa shape index (κ1) is 16.0. The Bertz CT molecular complexity index is 608. The fraction of sp³-hybridized carbons (Fsp3) is 0.450. The molecule has 1 aliphatic rings.